The molecule has 4 nitrogen and oxygen atoms in total. The lowest BCUT2D eigenvalue weighted by molar-refractivity contribution is -0.385. The Hall–Kier alpha value is -1.89. The van der Waals surface area contributed by atoms with Gasteiger partial charge in [-0.25, -0.2) is 0 Å². The van der Waals surface area contributed by atoms with Crippen molar-refractivity contribution in [1.29, 1.82) is 5.26 Å². The van der Waals surface area contributed by atoms with Crippen LogP contribution in [0.5, 0.6) is 0 Å². The van der Waals surface area contributed by atoms with Gasteiger partial charge in [-0.05, 0) is 31.0 Å². The summed E-state index contributed by atoms with van der Waals surface area (Å²) < 4.78 is 0. The third kappa shape index (κ3) is 1.88. The monoisotopic (exact) mass is 190 g/mol. The third-order valence-corrected chi connectivity index (χ3v) is 2.12. The number of nitriles is 1. The zero-order valence-electron chi connectivity index (χ0n) is 8.07. The normalized spacial score (nSPS) is 9.50. The summed E-state index contributed by atoms with van der Waals surface area (Å²) in [5.74, 6) is 0. The maximum Gasteiger partial charge on any atom is 0.272 e. The lowest BCUT2D eigenvalue weighted by Crippen LogP contribution is -1.96. The van der Waals surface area contributed by atoms with Crippen LogP contribution in [0.2, 0.25) is 0 Å². The van der Waals surface area contributed by atoms with Crippen molar-refractivity contribution in [3.05, 3.63) is 38.9 Å². The van der Waals surface area contributed by atoms with E-state index in [9.17, 15) is 10.1 Å². The average Bonchev–Trinajstić information content (AvgIpc) is 2.10. The molecule has 0 aliphatic carbocycles. The highest BCUT2D eigenvalue weighted by Crippen LogP contribution is 2.22. The van der Waals surface area contributed by atoms with E-state index in [4.69, 9.17) is 5.26 Å². The largest absolute Gasteiger partial charge is 0.272 e. The summed E-state index contributed by atoms with van der Waals surface area (Å²) in [6.45, 7) is 3.46. The number of nitro groups is 1. The molecule has 0 radical (unpaired) electrons. The molecule has 0 aliphatic rings. The topological polar surface area (TPSA) is 66.9 Å². The summed E-state index contributed by atoms with van der Waals surface area (Å²) in [5.41, 5.74) is 2.37. The summed E-state index contributed by atoms with van der Waals surface area (Å²) in [4.78, 5) is 10.2. The second kappa shape index (κ2) is 3.88. The van der Waals surface area contributed by atoms with Gasteiger partial charge in [-0.1, -0.05) is 0 Å². The van der Waals surface area contributed by atoms with Crippen LogP contribution in [0, 0.1) is 35.3 Å². The quantitative estimate of drug-likeness (QED) is 0.530. The molecule has 1 aromatic rings. The smallest absolute Gasteiger partial charge is 0.258 e. The average molecular weight is 190 g/mol. The molecular formula is C10H10N2O2. The van der Waals surface area contributed by atoms with Crippen molar-refractivity contribution < 1.29 is 4.92 Å². The van der Waals surface area contributed by atoms with E-state index in [-0.39, 0.29) is 5.69 Å². The van der Waals surface area contributed by atoms with Crippen LogP contribution >= 0.6 is 0 Å². The highest BCUT2D eigenvalue weighted by Gasteiger charge is 2.12. The molecule has 0 heterocycles. The molecule has 4 heteroatoms. The van der Waals surface area contributed by atoms with Gasteiger partial charge in [-0.15, -0.1) is 0 Å². The molecule has 0 fully saturated rings. The molecule has 0 N–H and O–H groups in total. The van der Waals surface area contributed by atoms with Crippen LogP contribution in [-0.2, 0) is 6.42 Å². The number of rotatable bonds is 2. The maximum atomic E-state index is 10.6. The zero-order chi connectivity index (χ0) is 10.7. The molecule has 1 rings (SSSR count). The van der Waals surface area contributed by atoms with Gasteiger partial charge in [0.1, 0.15) is 0 Å². The van der Waals surface area contributed by atoms with E-state index < -0.39 is 4.92 Å². The third-order valence-electron chi connectivity index (χ3n) is 2.12. The van der Waals surface area contributed by atoms with Gasteiger partial charge in [0.25, 0.3) is 5.69 Å². The highest BCUT2D eigenvalue weighted by atomic mass is 16.6. The number of nitro benzene ring substituents is 1. The molecule has 72 valence electrons. The summed E-state index contributed by atoms with van der Waals surface area (Å²) in [7, 11) is 0. The van der Waals surface area contributed by atoms with E-state index >= 15 is 0 Å². The first-order chi connectivity index (χ1) is 6.56. The molecule has 0 saturated heterocycles. The van der Waals surface area contributed by atoms with E-state index in [2.05, 4.69) is 0 Å². The van der Waals surface area contributed by atoms with Crippen LogP contribution in [0.25, 0.3) is 0 Å². The number of hydrogen-bond donors (Lipinski definition) is 0. The predicted octanol–water partition coefficient (Wildman–Crippen LogP) is 2.28. The summed E-state index contributed by atoms with van der Waals surface area (Å²) in [5, 5.41) is 19.1. The Kier molecular flexibility index (Phi) is 2.82. The fourth-order valence-corrected chi connectivity index (χ4v) is 1.33. The lowest BCUT2D eigenvalue weighted by Gasteiger charge is -2.03. The minimum absolute atomic E-state index is 0.115. The second-order valence-electron chi connectivity index (χ2n) is 3.16. The van der Waals surface area contributed by atoms with Crippen molar-refractivity contribution >= 4 is 5.69 Å². The van der Waals surface area contributed by atoms with Gasteiger partial charge in [0, 0.05) is 11.6 Å². The maximum absolute atomic E-state index is 10.6. The van der Waals surface area contributed by atoms with Crippen LogP contribution in [0.15, 0.2) is 12.1 Å². The Morgan fingerprint density at radius 1 is 1.43 bits per heavy atom. The molecule has 1 aromatic carbocycles. The molecule has 0 bridgehead atoms. The standard InChI is InChI=1S/C10H10N2O2/c1-7-6-10(12(13)14)8(2)5-9(7)3-4-11/h5-6H,3H2,1-2H3. The van der Waals surface area contributed by atoms with Gasteiger partial charge in [0.2, 0.25) is 0 Å². The minimum atomic E-state index is -0.404. The molecule has 0 saturated carbocycles. The first kappa shape index (κ1) is 10.2. The Morgan fingerprint density at radius 3 is 2.57 bits per heavy atom. The molecular weight excluding hydrogens is 180 g/mol. The first-order valence-electron chi connectivity index (χ1n) is 4.17. The van der Waals surface area contributed by atoms with E-state index in [0.717, 1.165) is 11.1 Å². The summed E-state index contributed by atoms with van der Waals surface area (Å²) in [6.07, 6.45) is 0.296. The van der Waals surface area contributed by atoms with Crippen molar-refractivity contribution in [1.82, 2.24) is 0 Å². The van der Waals surface area contributed by atoms with Gasteiger partial charge in [-0.3, -0.25) is 10.1 Å². The van der Waals surface area contributed by atoms with Crippen molar-refractivity contribution in [3.63, 3.8) is 0 Å². The predicted molar refractivity (Wildman–Crippen MR) is 51.9 cm³/mol. The number of hydrogen-bond acceptors (Lipinski definition) is 3. The van der Waals surface area contributed by atoms with Crippen LogP contribution in [0.3, 0.4) is 0 Å². The second-order valence-corrected chi connectivity index (χ2v) is 3.16. The Morgan fingerprint density at radius 2 is 2.07 bits per heavy atom. The Labute approximate surface area is 81.9 Å². The molecule has 0 aromatic heterocycles. The Bertz CT molecular complexity index is 419. The first-order valence-corrected chi connectivity index (χ1v) is 4.17. The fraction of sp³-hybridized carbons (Fsp3) is 0.300. The van der Waals surface area contributed by atoms with Gasteiger partial charge in [0.15, 0.2) is 0 Å². The van der Waals surface area contributed by atoms with Crippen molar-refractivity contribution in [2.45, 2.75) is 20.3 Å². The van der Waals surface area contributed by atoms with Gasteiger partial charge >= 0.3 is 0 Å². The summed E-state index contributed by atoms with van der Waals surface area (Å²) >= 11 is 0. The fourth-order valence-electron chi connectivity index (χ4n) is 1.33. The SMILES string of the molecule is Cc1cc([N+](=O)[O-])c(C)cc1CC#N. The van der Waals surface area contributed by atoms with Gasteiger partial charge < -0.3 is 0 Å². The molecule has 0 unspecified atom stereocenters. The van der Waals surface area contributed by atoms with Crippen molar-refractivity contribution in [2.75, 3.05) is 0 Å². The molecule has 14 heavy (non-hydrogen) atoms. The minimum Gasteiger partial charge on any atom is -0.258 e. The van der Waals surface area contributed by atoms with Crippen molar-refractivity contribution in [2.24, 2.45) is 0 Å². The van der Waals surface area contributed by atoms with Crippen LogP contribution in [-0.4, -0.2) is 4.92 Å². The Balaban J connectivity index is 3.25. The number of nitrogens with zero attached hydrogens (tertiary/aromatic N) is 2. The van der Waals surface area contributed by atoms with Crippen molar-refractivity contribution in [3.8, 4) is 6.07 Å². The van der Waals surface area contributed by atoms with Crippen LogP contribution in [0.1, 0.15) is 16.7 Å². The van der Waals surface area contributed by atoms with Gasteiger partial charge in [0.05, 0.1) is 17.4 Å². The molecule has 0 amide bonds. The van der Waals surface area contributed by atoms with Crippen LogP contribution < -0.4 is 0 Å². The summed E-state index contributed by atoms with van der Waals surface area (Å²) in [6, 6.07) is 5.25. The zero-order valence-corrected chi connectivity index (χ0v) is 8.07. The number of benzene rings is 1. The molecule has 0 aliphatic heterocycles. The van der Waals surface area contributed by atoms with Crippen LogP contribution in [0.4, 0.5) is 5.69 Å². The van der Waals surface area contributed by atoms with Gasteiger partial charge in [-0.2, -0.15) is 5.26 Å². The molecule has 0 atom stereocenters. The van der Waals surface area contributed by atoms with E-state index in [0.29, 0.717) is 12.0 Å². The lowest BCUT2D eigenvalue weighted by atomic mass is 10.0. The molecule has 0 spiro atoms. The van der Waals surface area contributed by atoms with E-state index in [1.807, 2.05) is 6.07 Å². The highest BCUT2D eigenvalue weighted by molar-refractivity contribution is 5.46. The van der Waals surface area contributed by atoms with E-state index in [1.54, 1.807) is 19.9 Å². The number of aryl methyl sites for hydroxylation is 2. The van der Waals surface area contributed by atoms with E-state index in [1.165, 1.54) is 6.07 Å².